The van der Waals surface area contributed by atoms with E-state index in [1.54, 1.807) is 19.1 Å². The third-order valence-electron chi connectivity index (χ3n) is 4.84. The summed E-state index contributed by atoms with van der Waals surface area (Å²) < 4.78 is 0. The Morgan fingerprint density at radius 2 is 1.81 bits per heavy atom. The average Bonchev–Trinajstić information content (AvgIpc) is 2.77. The van der Waals surface area contributed by atoms with Crippen molar-refractivity contribution < 1.29 is 19.2 Å². The van der Waals surface area contributed by atoms with Gasteiger partial charge in [-0.05, 0) is 57.4 Å². The fourth-order valence-corrected chi connectivity index (χ4v) is 3.01. The third-order valence-corrected chi connectivity index (χ3v) is 4.84. The van der Waals surface area contributed by atoms with Crippen molar-refractivity contribution in [2.75, 3.05) is 18.4 Å². The number of anilines is 1. The standard InChI is InChI=1S/C21H32N4O4.C2H6/c1-16(10-11-20(28)24-14-26)25(15-27)21(29)18-8-7-9-19(17(18)2)23-13-6-4-3-5-12-22;1-2/h7-9,14-16,23H,3-6,10-13,22H2,1-2H3,(H,24,26,28);1-2H3. The van der Waals surface area contributed by atoms with Crippen molar-refractivity contribution >= 4 is 30.3 Å². The van der Waals surface area contributed by atoms with Crippen LogP contribution in [0.25, 0.3) is 0 Å². The van der Waals surface area contributed by atoms with E-state index in [2.05, 4.69) is 5.32 Å². The first kappa shape index (κ1) is 28.3. The van der Waals surface area contributed by atoms with Crippen molar-refractivity contribution in [2.24, 2.45) is 5.73 Å². The van der Waals surface area contributed by atoms with Crippen LogP contribution in [0.5, 0.6) is 0 Å². The molecule has 1 atom stereocenters. The molecule has 1 rings (SSSR count). The molecular weight excluding hydrogens is 396 g/mol. The zero-order valence-electron chi connectivity index (χ0n) is 19.3. The Morgan fingerprint density at radius 1 is 1.13 bits per heavy atom. The summed E-state index contributed by atoms with van der Waals surface area (Å²) >= 11 is 0. The van der Waals surface area contributed by atoms with E-state index in [4.69, 9.17) is 5.73 Å². The number of rotatable bonds is 14. The van der Waals surface area contributed by atoms with Gasteiger partial charge in [0.25, 0.3) is 5.91 Å². The number of hydrogen-bond donors (Lipinski definition) is 3. The van der Waals surface area contributed by atoms with Crippen molar-refractivity contribution in [2.45, 2.75) is 72.3 Å². The summed E-state index contributed by atoms with van der Waals surface area (Å²) in [5, 5.41) is 5.39. The first-order valence-electron chi connectivity index (χ1n) is 11.0. The molecule has 31 heavy (non-hydrogen) atoms. The van der Waals surface area contributed by atoms with Crippen LogP contribution < -0.4 is 16.4 Å². The molecule has 0 saturated carbocycles. The molecule has 4 amide bonds. The van der Waals surface area contributed by atoms with Gasteiger partial charge in [0, 0.05) is 30.3 Å². The second kappa shape index (κ2) is 17.0. The number of unbranched alkanes of at least 4 members (excludes halogenated alkanes) is 3. The largest absolute Gasteiger partial charge is 0.385 e. The van der Waals surface area contributed by atoms with E-state index in [0.717, 1.165) is 48.4 Å². The van der Waals surface area contributed by atoms with Crippen LogP contribution in [0.4, 0.5) is 5.69 Å². The van der Waals surface area contributed by atoms with Crippen molar-refractivity contribution in [3.05, 3.63) is 29.3 Å². The fourth-order valence-electron chi connectivity index (χ4n) is 3.01. The van der Waals surface area contributed by atoms with Crippen LogP contribution in [0.15, 0.2) is 18.2 Å². The maximum Gasteiger partial charge on any atom is 0.260 e. The van der Waals surface area contributed by atoms with Gasteiger partial charge in [-0.3, -0.25) is 29.4 Å². The minimum atomic E-state index is -0.476. The number of benzene rings is 1. The Hall–Kier alpha value is -2.74. The average molecular weight is 435 g/mol. The van der Waals surface area contributed by atoms with Crippen molar-refractivity contribution in [1.29, 1.82) is 0 Å². The molecule has 0 aliphatic rings. The van der Waals surface area contributed by atoms with Gasteiger partial charge < -0.3 is 11.1 Å². The van der Waals surface area contributed by atoms with Crippen molar-refractivity contribution in [1.82, 2.24) is 10.2 Å². The number of carbonyl (C=O) groups is 4. The lowest BCUT2D eigenvalue weighted by atomic mass is 10.0. The lowest BCUT2D eigenvalue weighted by Crippen LogP contribution is -2.38. The maximum atomic E-state index is 12.9. The molecule has 0 heterocycles. The highest BCUT2D eigenvalue weighted by Crippen LogP contribution is 2.21. The molecule has 0 aliphatic heterocycles. The predicted molar refractivity (Wildman–Crippen MR) is 124 cm³/mol. The van der Waals surface area contributed by atoms with Gasteiger partial charge >= 0.3 is 0 Å². The van der Waals surface area contributed by atoms with Gasteiger partial charge in [-0.25, -0.2) is 0 Å². The van der Waals surface area contributed by atoms with Crippen molar-refractivity contribution in [3.63, 3.8) is 0 Å². The van der Waals surface area contributed by atoms with E-state index in [1.165, 1.54) is 0 Å². The molecule has 0 fully saturated rings. The Balaban J connectivity index is 0.00000436. The van der Waals surface area contributed by atoms with E-state index in [1.807, 2.05) is 32.2 Å². The quantitative estimate of drug-likeness (QED) is 0.306. The molecule has 0 aliphatic carbocycles. The SMILES string of the molecule is CC.Cc1c(NCCCCCCN)cccc1C(=O)N(C=O)C(C)CCC(=O)NC=O. The molecule has 8 heteroatoms. The Morgan fingerprint density at radius 3 is 2.42 bits per heavy atom. The van der Waals surface area contributed by atoms with Gasteiger partial charge in [-0.1, -0.05) is 32.8 Å². The summed E-state index contributed by atoms with van der Waals surface area (Å²) in [5.41, 5.74) is 7.57. The summed E-state index contributed by atoms with van der Waals surface area (Å²) in [6.07, 6.45) is 5.35. The number of nitrogens with two attached hydrogens (primary N) is 1. The second-order valence-corrected chi connectivity index (χ2v) is 7.00. The molecule has 0 aromatic heterocycles. The summed E-state index contributed by atoms with van der Waals surface area (Å²) in [6.45, 7) is 9.04. The van der Waals surface area contributed by atoms with Gasteiger partial charge in [0.05, 0.1) is 0 Å². The van der Waals surface area contributed by atoms with E-state index in [-0.39, 0.29) is 12.8 Å². The highest BCUT2D eigenvalue weighted by molar-refractivity contribution is 6.02. The number of carbonyl (C=O) groups excluding carboxylic acids is 4. The molecule has 174 valence electrons. The van der Waals surface area contributed by atoms with E-state index in [9.17, 15) is 19.2 Å². The predicted octanol–water partition coefficient (Wildman–Crippen LogP) is 2.99. The van der Waals surface area contributed by atoms with Crippen LogP contribution in [0.2, 0.25) is 0 Å². The minimum absolute atomic E-state index is 0.0439. The fraction of sp³-hybridized carbons (Fsp3) is 0.565. The van der Waals surface area contributed by atoms with Crippen LogP contribution in [0.3, 0.4) is 0 Å². The zero-order chi connectivity index (χ0) is 23.6. The van der Waals surface area contributed by atoms with Crippen LogP contribution in [0, 0.1) is 6.92 Å². The lowest BCUT2D eigenvalue weighted by Gasteiger charge is -2.24. The number of imide groups is 2. The normalized spacial score (nSPS) is 10.9. The Labute approximate surface area is 185 Å². The zero-order valence-corrected chi connectivity index (χ0v) is 19.3. The van der Waals surface area contributed by atoms with E-state index < -0.39 is 17.9 Å². The van der Waals surface area contributed by atoms with Gasteiger partial charge in [0.1, 0.15) is 0 Å². The van der Waals surface area contributed by atoms with E-state index >= 15 is 0 Å². The molecule has 8 nitrogen and oxygen atoms in total. The van der Waals surface area contributed by atoms with Gasteiger partial charge in [-0.15, -0.1) is 0 Å². The molecule has 4 N–H and O–H groups in total. The number of nitrogens with one attached hydrogen (secondary N) is 2. The smallest absolute Gasteiger partial charge is 0.260 e. The first-order valence-corrected chi connectivity index (χ1v) is 11.0. The number of hydrogen-bond acceptors (Lipinski definition) is 6. The molecule has 1 unspecified atom stereocenters. The van der Waals surface area contributed by atoms with Crippen LogP contribution >= 0.6 is 0 Å². The molecule has 0 spiro atoms. The monoisotopic (exact) mass is 434 g/mol. The molecule has 1 aromatic rings. The van der Waals surface area contributed by atoms with Crippen LogP contribution in [-0.2, 0) is 14.4 Å². The van der Waals surface area contributed by atoms with E-state index in [0.29, 0.717) is 24.9 Å². The topological polar surface area (TPSA) is 122 Å². The maximum absolute atomic E-state index is 12.9. The van der Waals surface area contributed by atoms with Gasteiger partial charge in [-0.2, -0.15) is 0 Å². The molecule has 0 radical (unpaired) electrons. The van der Waals surface area contributed by atoms with Gasteiger partial charge in [0.2, 0.25) is 18.7 Å². The second-order valence-electron chi connectivity index (χ2n) is 7.00. The first-order chi connectivity index (χ1) is 15.0. The summed E-state index contributed by atoms with van der Waals surface area (Å²) in [5.74, 6) is -0.855. The van der Waals surface area contributed by atoms with Crippen LogP contribution in [0.1, 0.15) is 75.2 Å². The molecule has 0 saturated heterocycles. The molecule has 1 aromatic carbocycles. The van der Waals surface area contributed by atoms with Gasteiger partial charge in [0.15, 0.2) is 0 Å². The Bertz CT molecular complexity index is 694. The van der Waals surface area contributed by atoms with Crippen LogP contribution in [-0.4, -0.2) is 48.7 Å². The highest BCUT2D eigenvalue weighted by atomic mass is 16.2. The third kappa shape index (κ3) is 10.2. The highest BCUT2D eigenvalue weighted by Gasteiger charge is 2.23. The van der Waals surface area contributed by atoms with Crippen molar-refractivity contribution in [3.8, 4) is 0 Å². The molecular formula is C23H38N4O4. The minimum Gasteiger partial charge on any atom is -0.385 e. The Kier molecular flexibility index (Phi) is 15.5. The summed E-state index contributed by atoms with van der Waals surface area (Å²) in [6, 6.07) is 4.90. The molecule has 0 bridgehead atoms. The number of nitrogens with zero attached hydrogens (tertiary/aromatic N) is 1. The lowest BCUT2D eigenvalue weighted by molar-refractivity contribution is -0.126. The number of amides is 4. The summed E-state index contributed by atoms with van der Waals surface area (Å²) in [4.78, 5) is 47.3. The summed E-state index contributed by atoms with van der Waals surface area (Å²) in [7, 11) is 0.